The maximum Gasteiger partial charge on any atom is 0.291 e. The fourth-order valence-electron chi connectivity index (χ4n) is 3.66. The van der Waals surface area contributed by atoms with E-state index in [1.54, 1.807) is 0 Å². The monoisotopic (exact) mass is 463 g/mol. The lowest BCUT2D eigenvalue weighted by atomic mass is 10.2. The zero-order chi connectivity index (χ0) is 22.6. The standard InChI is InChI=1S/C25H25N3O4S/c1-2-3-4-7-14-30-18-12-10-17(11-13-18)15-22-24(29)28-25(33-22)26-23(27-28)21-16-31-19-8-5-6-9-20(19)32-21/h5-6,8-13,15,21H,2-4,7,14,16H2,1H3/b22-15-. The van der Waals surface area contributed by atoms with E-state index in [0.29, 0.717) is 33.4 Å². The summed E-state index contributed by atoms with van der Waals surface area (Å²) in [6, 6.07) is 15.2. The number of hydrogen-bond donors (Lipinski definition) is 0. The number of aromatic nitrogens is 3. The van der Waals surface area contributed by atoms with Crippen molar-refractivity contribution in [1.29, 1.82) is 0 Å². The van der Waals surface area contributed by atoms with Crippen LogP contribution in [-0.4, -0.2) is 27.8 Å². The molecule has 0 N–H and O–H groups in total. The highest BCUT2D eigenvalue weighted by Gasteiger charge is 2.27. The Hall–Kier alpha value is -3.39. The molecule has 170 valence electrons. The van der Waals surface area contributed by atoms with Crippen LogP contribution in [0.5, 0.6) is 17.2 Å². The highest BCUT2D eigenvalue weighted by Crippen LogP contribution is 2.35. The molecule has 2 aromatic heterocycles. The number of rotatable bonds is 8. The van der Waals surface area contributed by atoms with E-state index in [4.69, 9.17) is 14.2 Å². The Morgan fingerprint density at radius 1 is 1.12 bits per heavy atom. The van der Waals surface area contributed by atoms with Crippen molar-refractivity contribution >= 4 is 22.4 Å². The summed E-state index contributed by atoms with van der Waals surface area (Å²) in [7, 11) is 0. The average molecular weight is 464 g/mol. The van der Waals surface area contributed by atoms with Crippen LogP contribution in [0.25, 0.3) is 11.0 Å². The Morgan fingerprint density at radius 3 is 2.73 bits per heavy atom. The van der Waals surface area contributed by atoms with Gasteiger partial charge in [-0.05, 0) is 42.3 Å². The van der Waals surface area contributed by atoms with Gasteiger partial charge in [0.2, 0.25) is 4.96 Å². The van der Waals surface area contributed by atoms with E-state index < -0.39 is 6.10 Å². The normalized spacial score (nSPS) is 15.8. The first-order valence-electron chi connectivity index (χ1n) is 11.2. The topological polar surface area (TPSA) is 74.9 Å². The van der Waals surface area contributed by atoms with Crippen molar-refractivity contribution < 1.29 is 14.2 Å². The fraction of sp³-hybridized carbons (Fsp3) is 0.320. The van der Waals surface area contributed by atoms with Crippen molar-refractivity contribution in [2.24, 2.45) is 0 Å². The van der Waals surface area contributed by atoms with Crippen LogP contribution >= 0.6 is 11.3 Å². The molecule has 0 fully saturated rings. The van der Waals surface area contributed by atoms with E-state index in [2.05, 4.69) is 17.0 Å². The SMILES string of the molecule is CCCCCCOc1ccc(/C=c2\sc3nc(C4COc5ccccc5O4)nn3c2=O)cc1. The first kappa shape index (κ1) is 21.5. The van der Waals surface area contributed by atoms with Crippen LogP contribution in [0.4, 0.5) is 0 Å². The number of para-hydroxylation sites is 2. The Morgan fingerprint density at radius 2 is 1.94 bits per heavy atom. The van der Waals surface area contributed by atoms with Gasteiger partial charge in [0.05, 0.1) is 11.1 Å². The second-order valence-electron chi connectivity index (χ2n) is 7.92. The van der Waals surface area contributed by atoms with E-state index in [9.17, 15) is 4.79 Å². The predicted octanol–water partition coefficient (Wildman–Crippen LogP) is 4.17. The maximum absolute atomic E-state index is 12.9. The molecule has 0 saturated heterocycles. The summed E-state index contributed by atoms with van der Waals surface area (Å²) in [6.07, 6.45) is 6.12. The van der Waals surface area contributed by atoms with Crippen molar-refractivity contribution in [3.05, 3.63) is 74.8 Å². The second-order valence-corrected chi connectivity index (χ2v) is 8.93. The Bertz CT molecular complexity index is 1350. The first-order chi connectivity index (χ1) is 16.2. The number of thiazole rings is 1. The van der Waals surface area contributed by atoms with Crippen LogP contribution in [0.3, 0.4) is 0 Å². The number of fused-ring (bicyclic) bond motifs is 2. The lowest BCUT2D eigenvalue weighted by Gasteiger charge is -2.24. The quantitative estimate of drug-likeness (QED) is 0.365. The number of ether oxygens (including phenoxy) is 3. The van der Waals surface area contributed by atoms with E-state index in [1.165, 1.54) is 35.1 Å². The van der Waals surface area contributed by atoms with Crippen LogP contribution in [0, 0.1) is 0 Å². The molecule has 1 atom stereocenters. The lowest BCUT2D eigenvalue weighted by molar-refractivity contribution is 0.0852. The molecule has 3 heterocycles. The summed E-state index contributed by atoms with van der Waals surface area (Å²) in [5, 5.41) is 4.40. The minimum absolute atomic E-state index is 0.192. The van der Waals surface area contributed by atoms with Crippen LogP contribution in [0.1, 0.15) is 50.1 Å². The van der Waals surface area contributed by atoms with Gasteiger partial charge in [0.1, 0.15) is 12.4 Å². The zero-order valence-corrected chi connectivity index (χ0v) is 19.2. The maximum atomic E-state index is 12.9. The van der Waals surface area contributed by atoms with Crippen LogP contribution in [0.15, 0.2) is 53.3 Å². The molecule has 5 rings (SSSR count). The van der Waals surface area contributed by atoms with Gasteiger partial charge in [-0.1, -0.05) is 61.8 Å². The molecule has 0 saturated carbocycles. The van der Waals surface area contributed by atoms with Crippen LogP contribution in [0.2, 0.25) is 0 Å². The molecule has 4 aromatic rings. The molecular weight excluding hydrogens is 438 g/mol. The minimum Gasteiger partial charge on any atom is -0.494 e. The molecule has 8 heteroatoms. The molecule has 7 nitrogen and oxygen atoms in total. The molecule has 33 heavy (non-hydrogen) atoms. The lowest BCUT2D eigenvalue weighted by Crippen LogP contribution is -2.26. The van der Waals surface area contributed by atoms with Gasteiger partial charge in [-0.3, -0.25) is 4.79 Å². The highest BCUT2D eigenvalue weighted by molar-refractivity contribution is 7.15. The van der Waals surface area contributed by atoms with Crippen LogP contribution < -0.4 is 24.3 Å². The van der Waals surface area contributed by atoms with Gasteiger partial charge in [-0.15, -0.1) is 5.10 Å². The molecule has 0 amide bonds. The summed E-state index contributed by atoms with van der Waals surface area (Å²) in [5.41, 5.74) is 0.734. The third-order valence-electron chi connectivity index (χ3n) is 5.44. The third kappa shape index (κ3) is 4.71. The van der Waals surface area contributed by atoms with Crippen molar-refractivity contribution in [2.45, 2.75) is 38.7 Å². The van der Waals surface area contributed by atoms with Gasteiger partial charge in [-0.25, -0.2) is 0 Å². The number of benzene rings is 2. The molecule has 0 bridgehead atoms. The average Bonchev–Trinajstić information content (AvgIpc) is 3.39. The fourth-order valence-corrected chi connectivity index (χ4v) is 4.58. The van der Waals surface area contributed by atoms with Crippen molar-refractivity contribution in [1.82, 2.24) is 14.6 Å². The minimum atomic E-state index is -0.451. The van der Waals surface area contributed by atoms with Gasteiger partial charge < -0.3 is 14.2 Å². The molecule has 2 aromatic carbocycles. The van der Waals surface area contributed by atoms with Crippen molar-refractivity contribution in [3.63, 3.8) is 0 Å². The van der Waals surface area contributed by atoms with E-state index >= 15 is 0 Å². The summed E-state index contributed by atoms with van der Waals surface area (Å²) >= 11 is 1.31. The highest BCUT2D eigenvalue weighted by atomic mass is 32.1. The summed E-state index contributed by atoms with van der Waals surface area (Å²) in [6.45, 7) is 3.23. The van der Waals surface area contributed by atoms with Gasteiger partial charge >= 0.3 is 0 Å². The molecule has 0 radical (unpaired) electrons. The Labute approximate surface area is 195 Å². The van der Waals surface area contributed by atoms with Crippen LogP contribution in [-0.2, 0) is 0 Å². The third-order valence-corrected chi connectivity index (χ3v) is 6.40. The molecule has 0 aliphatic carbocycles. The summed E-state index contributed by atoms with van der Waals surface area (Å²) in [5.74, 6) is 2.63. The van der Waals surface area contributed by atoms with E-state index in [-0.39, 0.29) is 5.56 Å². The largest absolute Gasteiger partial charge is 0.494 e. The van der Waals surface area contributed by atoms with Crippen molar-refractivity contribution in [2.75, 3.05) is 13.2 Å². The first-order valence-corrected chi connectivity index (χ1v) is 12.1. The van der Waals surface area contributed by atoms with E-state index in [0.717, 1.165) is 24.3 Å². The summed E-state index contributed by atoms with van der Waals surface area (Å²) < 4.78 is 19.4. The predicted molar refractivity (Wildman–Crippen MR) is 127 cm³/mol. The van der Waals surface area contributed by atoms with Gasteiger partial charge in [-0.2, -0.15) is 9.50 Å². The molecule has 1 aliphatic heterocycles. The zero-order valence-electron chi connectivity index (χ0n) is 18.4. The van der Waals surface area contributed by atoms with Gasteiger partial charge in [0.25, 0.3) is 5.56 Å². The molecule has 1 unspecified atom stereocenters. The van der Waals surface area contributed by atoms with Gasteiger partial charge in [0, 0.05) is 0 Å². The van der Waals surface area contributed by atoms with E-state index in [1.807, 2.05) is 54.6 Å². The number of hydrogen-bond acceptors (Lipinski definition) is 7. The molecule has 0 spiro atoms. The Kier molecular flexibility index (Phi) is 6.26. The van der Waals surface area contributed by atoms with Crippen molar-refractivity contribution in [3.8, 4) is 17.2 Å². The summed E-state index contributed by atoms with van der Waals surface area (Å²) in [4.78, 5) is 17.9. The second kappa shape index (κ2) is 9.62. The molecular formula is C25H25N3O4S. The molecule has 1 aliphatic rings. The number of nitrogens with zero attached hydrogens (tertiary/aromatic N) is 3. The smallest absolute Gasteiger partial charge is 0.291 e. The van der Waals surface area contributed by atoms with Gasteiger partial charge in [0.15, 0.2) is 23.4 Å². The Balaban J connectivity index is 1.29. The number of unbranched alkanes of at least 4 members (excludes halogenated alkanes) is 3.